The molecule has 0 bridgehead atoms. The van der Waals surface area contributed by atoms with Crippen molar-refractivity contribution in [2.45, 2.75) is 18.7 Å². The molecule has 1 unspecified atom stereocenters. The maximum atomic E-state index is 11.6. The van der Waals surface area contributed by atoms with Gasteiger partial charge in [-0.2, -0.15) is 5.10 Å². The molecule has 0 saturated heterocycles. The van der Waals surface area contributed by atoms with Gasteiger partial charge in [-0.25, -0.2) is 5.10 Å². The summed E-state index contributed by atoms with van der Waals surface area (Å²) < 4.78 is 0. The first-order chi connectivity index (χ1) is 7.58. The van der Waals surface area contributed by atoms with Crippen molar-refractivity contribution in [3.8, 4) is 0 Å². The maximum Gasteiger partial charge on any atom is 0.272 e. The number of benzene rings is 1. The van der Waals surface area contributed by atoms with Crippen LogP contribution in [0.15, 0.2) is 23.0 Å². The van der Waals surface area contributed by atoms with E-state index in [9.17, 15) is 4.79 Å². The van der Waals surface area contributed by atoms with E-state index < -0.39 is 0 Å². The summed E-state index contributed by atoms with van der Waals surface area (Å²) >= 11 is 11.8. The fraction of sp³-hybridized carbons (Fsp3) is 0.273. The Morgan fingerprint density at radius 2 is 2.19 bits per heavy atom. The number of hydrogen-bond acceptors (Lipinski definition) is 2. The van der Waals surface area contributed by atoms with E-state index in [4.69, 9.17) is 23.2 Å². The Morgan fingerprint density at radius 1 is 1.44 bits per heavy atom. The lowest BCUT2D eigenvalue weighted by molar-refractivity contribution is 0.932. The highest BCUT2D eigenvalue weighted by Crippen LogP contribution is 2.19. The van der Waals surface area contributed by atoms with Gasteiger partial charge in [-0.05, 0) is 25.0 Å². The molecule has 16 heavy (non-hydrogen) atoms. The lowest BCUT2D eigenvalue weighted by Crippen LogP contribution is -2.09. The summed E-state index contributed by atoms with van der Waals surface area (Å²) in [6.07, 6.45) is 0.719. The zero-order valence-corrected chi connectivity index (χ0v) is 10.1. The molecular weight excluding hydrogens is 247 g/mol. The molecule has 3 nitrogen and oxygen atoms in total. The first-order valence-corrected chi connectivity index (χ1v) is 5.70. The number of alkyl halides is 1. The molecular formula is C11H10Cl2N2O. The van der Waals surface area contributed by atoms with Gasteiger partial charge in [-0.3, -0.25) is 4.79 Å². The summed E-state index contributed by atoms with van der Waals surface area (Å²) in [5, 5.41) is 7.61. The van der Waals surface area contributed by atoms with Crippen LogP contribution in [-0.4, -0.2) is 15.6 Å². The van der Waals surface area contributed by atoms with Crippen molar-refractivity contribution in [3.05, 3.63) is 39.3 Å². The second-order valence-electron chi connectivity index (χ2n) is 3.71. The first kappa shape index (κ1) is 11.4. The van der Waals surface area contributed by atoms with E-state index >= 15 is 0 Å². The SMILES string of the molecule is CC(Cl)Cc1ccc2c(Cl)n[nH]c(=O)c2c1. The zero-order chi connectivity index (χ0) is 11.7. The third kappa shape index (κ3) is 2.20. The van der Waals surface area contributed by atoms with E-state index in [0.29, 0.717) is 15.9 Å². The number of rotatable bonds is 2. The van der Waals surface area contributed by atoms with E-state index in [2.05, 4.69) is 10.2 Å². The number of fused-ring (bicyclic) bond motifs is 1. The lowest BCUT2D eigenvalue weighted by atomic mass is 10.1. The van der Waals surface area contributed by atoms with Gasteiger partial charge in [0, 0.05) is 10.8 Å². The van der Waals surface area contributed by atoms with Gasteiger partial charge in [0.05, 0.1) is 5.39 Å². The van der Waals surface area contributed by atoms with Gasteiger partial charge in [-0.1, -0.05) is 23.7 Å². The van der Waals surface area contributed by atoms with Gasteiger partial charge in [0.1, 0.15) is 0 Å². The number of halogens is 2. The Morgan fingerprint density at radius 3 is 2.88 bits per heavy atom. The molecule has 1 atom stereocenters. The second kappa shape index (κ2) is 4.44. The minimum Gasteiger partial charge on any atom is -0.267 e. The Bertz CT molecular complexity index is 578. The maximum absolute atomic E-state index is 11.6. The molecule has 0 radical (unpaired) electrons. The molecule has 84 valence electrons. The van der Waals surface area contributed by atoms with Gasteiger partial charge in [-0.15, -0.1) is 11.6 Å². The normalized spacial score (nSPS) is 12.9. The molecule has 0 aliphatic carbocycles. The van der Waals surface area contributed by atoms with Crippen molar-refractivity contribution < 1.29 is 0 Å². The average molecular weight is 257 g/mol. The van der Waals surface area contributed by atoms with E-state index in [0.717, 1.165) is 12.0 Å². The predicted octanol–water partition coefficient (Wildman–Crippen LogP) is 2.75. The highest BCUT2D eigenvalue weighted by molar-refractivity contribution is 6.34. The van der Waals surface area contributed by atoms with E-state index in [1.165, 1.54) is 0 Å². The molecule has 1 N–H and O–H groups in total. The van der Waals surface area contributed by atoms with Crippen LogP contribution in [0, 0.1) is 0 Å². The van der Waals surface area contributed by atoms with Crippen LogP contribution in [0.25, 0.3) is 10.8 Å². The highest BCUT2D eigenvalue weighted by Gasteiger charge is 2.06. The number of hydrogen-bond donors (Lipinski definition) is 1. The second-order valence-corrected chi connectivity index (χ2v) is 4.81. The molecule has 0 amide bonds. The molecule has 1 aromatic carbocycles. The van der Waals surface area contributed by atoms with Crippen LogP contribution in [-0.2, 0) is 6.42 Å². The molecule has 0 saturated carbocycles. The summed E-state index contributed by atoms with van der Waals surface area (Å²) in [6.45, 7) is 1.91. The van der Waals surface area contributed by atoms with Crippen molar-refractivity contribution >= 4 is 34.0 Å². The van der Waals surface area contributed by atoms with Gasteiger partial charge < -0.3 is 0 Å². The van der Waals surface area contributed by atoms with Crippen LogP contribution in [0.3, 0.4) is 0 Å². The zero-order valence-electron chi connectivity index (χ0n) is 8.63. The molecule has 2 aromatic rings. The third-order valence-corrected chi connectivity index (χ3v) is 2.77. The summed E-state index contributed by atoms with van der Waals surface area (Å²) in [5.74, 6) is 0. The molecule has 0 fully saturated rings. The van der Waals surface area contributed by atoms with E-state index in [-0.39, 0.29) is 10.9 Å². The van der Waals surface area contributed by atoms with Crippen LogP contribution in [0.5, 0.6) is 0 Å². The van der Waals surface area contributed by atoms with Gasteiger partial charge in [0.2, 0.25) is 0 Å². The summed E-state index contributed by atoms with van der Waals surface area (Å²) in [7, 11) is 0. The molecule has 1 aromatic heterocycles. The molecule has 0 spiro atoms. The Hall–Kier alpha value is -1.06. The van der Waals surface area contributed by atoms with E-state index in [1.807, 2.05) is 13.0 Å². The van der Waals surface area contributed by atoms with Crippen molar-refractivity contribution in [2.24, 2.45) is 0 Å². The van der Waals surface area contributed by atoms with Crippen LogP contribution in [0.4, 0.5) is 0 Å². The Balaban J connectivity index is 2.61. The largest absolute Gasteiger partial charge is 0.272 e. The minimum absolute atomic E-state index is 0.0360. The average Bonchev–Trinajstić information content (AvgIpc) is 2.23. The number of nitrogens with zero attached hydrogens (tertiary/aromatic N) is 1. The highest BCUT2D eigenvalue weighted by atomic mass is 35.5. The standard InChI is InChI=1S/C11H10Cl2N2O/c1-6(12)4-7-2-3-8-9(5-7)11(16)15-14-10(8)13/h2-3,5-6H,4H2,1H3,(H,15,16). The summed E-state index contributed by atoms with van der Waals surface area (Å²) in [5.41, 5.74) is 0.784. The van der Waals surface area contributed by atoms with Crippen LogP contribution in [0.2, 0.25) is 5.15 Å². The topological polar surface area (TPSA) is 45.8 Å². The molecule has 0 aliphatic heterocycles. The van der Waals surface area contributed by atoms with Gasteiger partial charge in [0.15, 0.2) is 5.15 Å². The smallest absolute Gasteiger partial charge is 0.267 e. The summed E-state index contributed by atoms with van der Waals surface area (Å²) in [6, 6.07) is 5.52. The molecule has 1 heterocycles. The number of aromatic amines is 1. The molecule has 2 rings (SSSR count). The quantitative estimate of drug-likeness (QED) is 0.841. The van der Waals surface area contributed by atoms with Crippen LogP contribution < -0.4 is 5.56 Å². The number of H-pyrrole nitrogens is 1. The Labute approximate surface area is 102 Å². The first-order valence-electron chi connectivity index (χ1n) is 4.89. The van der Waals surface area contributed by atoms with Crippen molar-refractivity contribution in [2.75, 3.05) is 0 Å². The fourth-order valence-electron chi connectivity index (χ4n) is 1.63. The van der Waals surface area contributed by atoms with Crippen molar-refractivity contribution in [3.63, 3.8) is 0 Å². The van der Waals surface area contributed by atoms with Gasteiger partial charge in [0.25, 0.3) is 5.56 Å². The lowest BCUT2D eigenvalue weighted by Gasteiger charge is -2.05. The number of nitrogens with one attached hydrogen (secondary N) is 1. The number of aromatic nitrogens is 2. The Kier molecular flexibility index (Phi) is 3.17. The van der Waals surface area contributed by atoms with Crippen molar-refractivity contribution in [1.29, 1.82) is 0 Å². The van der Waals surface area contributed by atoms with Crippen LogP contribution in [0.1, 0.15) is 12.5 Å². The predicted molar refractivity (Wildman–Crippen MR) is 66.4 cm³/mol. The third-order valence-electron chi connectivity index (χ3n) is 2.32. The summed E-state index contributed by atoms with van der Waals surface area (Å²) in [4.78, 5) is 11.6. The molecule has 0 aliphatic rings. The van der Waals surface area contributed by atoms with Gasteiger partial charge >= 0.3 is 0 Å². The fourth-order valence-corrected chi connectivity index (χ4v) is 2.02. The minimum atomic E-state index is -0.233. The van der Waals surface area contributed by atoms with Crippen molar-refractivity contribution in [1.82, 2.24) is 10.2 Å². The monoisotopic (exact) mass is 256 g/mol. The van der Waals surface area contributed by atoms with Crippen LogP contribution >= 0.6 is 23.2 Å². The van der Waals surface area contributed by atoms with E-state index in [1.54, 1.807) is 12.1 Å². The molecule has 5 heteroatoms.